The van der Waals surface area contributed by atoms with Crippen molar-refractivity contribution in [2.24, 2.45) is 0 Å². The van der Waals surface area contributed by atoms with Gasteiger partial charge in [0.25, 0.3) is 0 Å². The fourth-order valence-corrected chi connectivity index (χ4v) is 3.10. The number of aryl methyl sites for hydroxylation is 1. The third-order valence-corrected chi connectivity index (χ3v) is 4.46. The van der Waals surface area contributed by atoms with Gasteiger partial charge in [-0.2, -0.15) is 0 Å². The molecule has 114 valence electrons. The van der Waals surface area contributed by atoms with Crippen LogP contribution in [-0.2, 0) is 6.42 Å². The van der Waals surface area contributed by atoms with Crippen LogP contribution in [0.3, 0.4) is 0 Å². The average molecular weight is 304 g/mol. The zero-order chi connectivity index (χ0) is 15.2. The Hall–Kier alpha value is -1.62. The number of nitrogens with zero attached hydrogens (tertiary/aromatic N) is 2. The SMILES string of the molecule is CCCc1nc(N)c(C)c(NC(CCC)c2cccs2)n1. The van der Waals surface area contributed by atoms with Gasteiger partial charge in [-0.15, -0.1) is 11.3 Å². The number of thiophene rings is 1. The second-order valence-electron chi connectivity index (χ2n) is 5.25. The van der Waals surface area contributed by atoms with Crippen LogP contribution in [0.15, 0.2) is 17.5 Å². The lowest BCUT2D eigenvalue weighted by molar-refractivity contribution is 0.681. The maximum absolute atomic E-state index is 6.03. The third kappa shape index (κ3) is 3.94. The molecule has 0 radical (unpaired) electrons. The molecule has 5 heteroatoms. The normalized spacial score (nSPS) is 12.3. The molecule has 0 saturated carbocycles. The van der Waals surface area contributed by atoms with E-state index >= 15 is 0 Å². The summed E-state index contributed by atoms with van der Waals surface area (Å²) in [5.41, 5.74) is 6.97. The summed E-state index contributed by atoms with van der Waals surface area (Å²) in [6.45, 7) is 6.30. The summed E-state index contributed by atoms with van der Waals surface area (Å²) in [5.74, 6) is 2.28. The fraction of sp³-hybridized carbons (Fsp3) is 0.500. The topological polar surface area (TPSA) is 63.8 Å². The van der Waals surface area contributed by atoms with Crippen LogP contribution in [-0.4, -0.2) is 9.97 Å². The summed E-state index contributed by atoms with van der Waals surface area (Å²) < 4.78 is 0. The first-order chi connectivity index (χ1) is 10.2. The molecule has 0 aliphatic rings. The number of rotatable bonds is 7. The van der Waals surface area contributed by atoms with Gasteiger partial charge in [-0.05, 0) is 31.2 Å². The molecule has 0 saturated heterocycles. The smallest absolute Gasteiger partial charge is 0.135 e. The maximum Gasteiger partial charge on any atom is 0.135 e. The first-order valence-electron chi connectivity index (χ1n) is 7.58. The lowest BCUT2D eigenvalue weighted by Gasteiger charge is -2.20. The van der Waals surface area contributed by atoms with Crippen molar-refractivity contribution in [2.75, 3.05) is 11.1 Å². The van der Waals surface area contributed by atoms with E-state index in [1.54, 1.807) is 11.3 Å². The first kappa shape index (κ1) is 15.8. The van der Waals surface area contributed by atoms with E-state index in [0.29, 0.717) is 5.82 Å². The molecule has 2 aromatic heterocycles. The summed E-state index contributed by atoms with van der Waals surface area (Å²) >= 11 is 1.78. The van der Waals surface area contributed by atoms with E-state index in [4.69, 9.17) is 5.73 Å². The van der Waals surface area contributed by atoms with Crippen molar-refractivity contribution in [3.63, 3.8) is 0 Å². The molecule has 2 heterocycles. The molecule has 1 atom stereocenters. The molecule has 0 amide bonds. The van der Waals surface area contributed by atoms with Crippen molar-refractivity contribution in [1.29, 1.82) is 0 Å². The van der Waals surface area contributed by atoms with E-state index in [0.717, 1.165) is 42.9 Å². The number of nitrogens with one attached hydrogen (secondary N) is 1. The van der Waals surface area contributed by atoms with Gasteiger partial charge in [-0.1, -0.05) is 26.3 Å². The lowest BCUT2D eigenvalue weighted by atomic mass is 10.1. The van der Waals surface area contributed by atoms with Gasteiger partial charge in [0.1, 0.15) is 17.5 Å². The highest BCUT2D eigenvalue weighted by molar-refractivity contribution is 7.10. The monoisotopic (exact) mass is 304 g/mol. The Morgan fingerprint density at radius 3 is 2.71 bits per heavy atom. The van der Waals surface area contributed by atoms with Crippen molar-refractivity contribution in [1.82, 2.24) is 9.97 Å². The highest BCUT2D eigenvalue weighted by Crippen LogP contribution is 2.29. The minimum atomic E-state index is 0.289. The van der Waals surface area contributed by atoms with E-state index in [1.807, 2.05) is 6.92 Å². The van der Waals surface area contributed by atoms with Crippen LogP contribution in [0.2, 0.25) is 0 Å². The largest absolute Gasteiger partial charge is 0.383 e. The van der Waals surface area contributed by atoms with Gasteiger partial charge in [0.05, 0.1) is 6.04 Å². The molecule has 21 heavy (non-hydrogen) atoms. The minimum absolute atomic E-state index is 0.289. The van der Waals surface area contributed by atoms with Crippen LogP contribution in [0.4, 0.5) is 11.6 Å². The van der Waals surface area contributed by atoms with Gasteiger partial charge in [-0.3, -0.25) is 0 Å². The van der Waals surface area contributed by atoms with Crippen molar-refractivity contribution in [3.8, 4) is 0 Å². The van der Waals surface area contributed by atoms with Crippen LogP contribution >= 0.6 is 11.3 Å². The predicted octanol–water partition coefficient (Wildman–Crippen LogP) is 4.33. The summed E-state index contributed by atoms with van der Waals surface area (Å²) in [4.78, 5) is 10.4. The molecule has 0 aromatic carbocycles. The van der Waals surface area contributed by atoms with Gasteiger partial charge >= 0.3 is 0 Å². The van der Waals surface area contributed by atoms with Crippen molar-refractivity contribution < 1.29 is 0 Å². The Labute approximate surface area is 130 Å². The van der Waals surface area contributed by atoms with Crippen LogP contribution in [0.1, 0.15) is 55.4 Å². The van der Waals surface area contributed by atoms with Crippen LogP contribution in [0.25, 0.3) is 0 Å². The van der Waals surface area contributed by atoms with Gasteiger partial charge in [0, 0.05) is 16.9 Å². The van der Waals surface area contributed by atoms with Crippen LogP contribution < -0.4 is 11.1 Å². The van der Waals surface area contributed by atoms with Crippen molar-refractivity contribution >= 4 is 23.0 Å². The zero-order valence-electron chi connectivity index (χ0n) is 13.0. The molecule has 1 unspecified atom stereocenters. The third-order valence-electron chi connectivity index (χ3n) is 3.48. The predicted molar refractivity (Wildman–Crippen MR) is 90.8 cm³/mol. The minimum Gasteiger partial charge on any atom is -0.383 e. The number of aromatic nitrogens is 2. The van der Waals surface area contributed by atoms with Crippen molar-refractivity contribution in [2.45, 2.75) is 52.5 Å². The molecule has 4 nitrogen and oxygen atoms in total. The number of hydrogen-bond donors (Lipinski definition) is 2. The molecule has 0 bridgehead atoms. The Balaban J connectivity index is 2.27. The molecule has 0 aliphatic heterocycles. The molecule has 0 spiro atoms. The van der Waals surface area contributed by atoms with E-state index in [2.05, 4.69) is 46.6 Å². The van der Waals surface area contributed by atoms with E-state index < -0.39 is 0 Å². The van der Waals surface area contributed by atoms with Gasteiger partial charge in [0.2, 0.25) is 0 Å². The standard InChI is InChI=1S/C16H24N4S/c1-4-7-12(13-9-6-10-21-13)18-16-11(3)15(17)19-14(20-16)8-5-2/h6,9-10,12H,4-5,7-8H2,1-3H3,(H3,17,18,19,20). The van der Waals surface area contributed by atoms with Crippen LogP contribution in [0, 0.1) is 6.92 Å². The second kappa shape index (κ2) is 7.41. The fourth-order valence-electron chi connectivity index (χ4n) is 2.29. The maximum atomic E-state index is 6.03. The number of anilines is 2. The Bertz CT molecular complexity index is 566. The number of nitrogen functional groups attached to an aromatic ring is 1. The Morgan fingerprint density at radius 1 is 1.29 bits per heavy atom. The van der Waals surface area contributed by atoms with E-state index in [1.165, 1.54) is 4.88 Å². The number of nitrogens with two attached hydrogens (primary N) is 1. The summed E-state index contributed by atoms with van der Waals surface area (Å²) in [5, 5.41) is 5.68. The molecule has 0 fully saturated rings. The number of hydrogen-bond acceptors (Lipinski definition) is 5. The summed E-state index contributed by atoms with van der Waals surface area (Å²) in [7, 11) is 0. The summed E-state index contributed by atoms with van der Waals surface area (Å²) in [6.07, 6.45) is 4.08. The van der Waals surface area contributed by atoms with Crippen LogP contribution in [0.5, 0.6) is 0 Å². The molecular weight excluding hydrogens is 280 g/mol. The van der Waals surface area contributed by atoms with Gasteiger partial charge < -0.3 is 11.1 Å². The molecule has 0 aliphatic carbocycles. The van der Waals surface area contributed by atoms with Gasteiger partial charge in [0.15, 0.2) is 0 Å². The molecule has 2 aromatic rings. The Morgan fingerprint density at radius 2 is 2.10 bits per heavy atom. The first-order valence-corrected chi connectivity index (χ1v) is 8.46. The van der Waals surface area contributed by atoms with Crippen molar-refractivity contribution in [3.05, 3.63) is 33.8 Å². The summed E-state index contributed by atoms with van der Waals surface area (Å²) in [6, 6.07) is 4.55. The molecular formula is C16H24N4S. The highest BCUT2D eigenvalue weighted by atomic mass is 32.1. The Kier molecular flexibility index (Phi) is 5.56. The van der Waals surface area contributed by atoms with E-state index in [-0.39, 0.29) is 6.04 Å². The molecule has 2 rings (SSSR count). The second-order valence-corrected chi connectivity index (χ2v) is 6.23. The average Bonchev–Trinajstić information content (AvgIpc) is 2.98. The zero-order valence-corrected chi connectivity index (χ0v) is 13.8. The quantitative estimate of drug-likeness (QED) is 0.799. The highest BCUT2D eigenvalue weighted by Gasteiger charge is 2.15. The van der Waals surface area contributed by atoms with Gasteiger partial charge in [-0.25, -0.2) is 9.97 Å². The molecule has 3 N–H and O–H groups in total. The lowest BCUT2D eigenvalue weighted by Crippen LogP contribution is -2.14. The van der Waals surface area contributed by atoms with E-state index in [9.17, 15) is 0 Å².